The van der Waals surface area contributed by atoms with Crippen LogP contribution >= 0.6 is 15.9 Å². The number of nitrogens with zero attached hydrogens (tertiary/aromatic N) is 1. The highest BCUT2D eigenvalue weighted by Crippen LogP contribution is 2.42. The number of anilines is 2. The number of urea groups is 1. The van der Waals surface area contributed by atoms with Gasteiger partial charge in [0.2, 0.25) is 0 Å². The third-order valence-electron chi connectivity index (χ3n) is 2.95. The number of carbonyl (C=O) groups excluding carboxylic acids is 1. The summed E-state index contributed by atoms with van der Waals surface area (Å²) in [4.78, 5) is 11.9. The number of carbonyl (C=O) groups is 1. The van der Waals surface area contributed by atoms with Crippen LogP contribution in [0.15, 0.2) is 40.9 Å². The van der Waals surface area contributed by atoms with E-state index in [1.54, 1.807) is 24.3 Å². The molecule has 124 valence electrons. The number of nitrogens with one attached hydrogen (secondary N) is 2. The van der Waals surface area contributed by atoms with Crippen LogP contribution in [0.25, 0.3) is 0 Å². The minimum absolute atomic E-state index is 0.388. The number of halogens is 4. The lowest BCUT2D eigenvalue weighted by Gasteiger charge is -2.15. The first-order valence-electron chi connectivity index (χ1n) is 6.40. The third-order valence-corrected chi connectivity index (χ3v) is 3.64. The van der Waals surface area contributed by atoms with Crippen LogP contribution in [0.2, 0.25) is 0 Å². The van der Waals surface area contributed by atoms with Gasteiger partial charge in [-0.15, -0.1) is 0 Å². The first-order valence-corrected chi connectivity index (χ1v) is 7.19. The quantitative estimate of drug-likeness (QED) is 0.640. The molecule has 0 aliphatic heterocycles. The maximum atomic E-state index is 13.0. The van der Waals surface area contributed by atoms with E-state index in [0.29, 0.717) is 10.2 Å². The average Bonchev–Trinajstić information content (AvgIpc) is 2.50. The van der Waals surface area contributed by atoms with Crippen molar-refractivity contribution in [3.05, 3.63) is 52.0 Å². The van der Waals surface area contributed by atoms with E-state index < -0.39 is 34.8 Å². The maximum Gasteiger partial charge on any atom is 0.421 e. The second kappa shape index (κ2) is 6.80. The van der Waals surface area contributed by atoms with E-state index >= 15 is 0 Å². The number of benzene rings is 2. The van der Waals surface area contributed by atoms with Crippen molar-refractivity contribution in [3.63, 3.8) is 0 Å². The molecule has 2 aromatic carbocycles. The number of aromatic hydroxyl groups is 1. The van der Waals surface area contributed by atoms with E-state index in [4.69, 9.17) is 5.26 Å². The second-order valence-corrected chi connectivity index (χ2v) is 5.41. The molecule has 0 aliphatic carbocycles. The highest BCUT2D eigenvalue weighted by Gasteiger charge is 2.38. The normalized spacial score (nSPS) is 10.8. The molecule has 2 aromatic rings. The summed E-state index contributed by atoms with van der Waals surface area (Å²) in [6.45, 7) is 0. The van der Waals surface area contributed by atoms with Crippen molar-refractivity contribution >= 4 is 33.3 Å². The van der Waals surface area contributed by atoms with E-state index in [9.17, 15) is 23.1 Å². The van der Waals surface area contributed by atoms with Crippen LogP contribution in [0, 0.1) is 11.3 Å². The lowest BCUT2D eigenvalue weighted by molar-refractivity contribution is -0.138. The van der Waals surface area contributed by atoms with E-state index in [1.807, 2.05) is 0 Å². The second-order valence-electron chi connectivity index (χ2n) is 4.55. The summed E-state index contributed by atoms with van der Waals surface area (Å²) in [5.41, 5.74) is -2.31. The molecule has 0 aromatic heterocycles. The Morgan fingerprint density at radius 2 is 1.75 bits per heavy atom. The molecule has 5 nitrogen and oxygen atoms in total. The fourth-order valence-corrected chi connectivity index (χ4v) is 2.29. The third kappa shape index (κ3) is 3.78. The maximum absolute atomic E-state index is 13.0. The molecular weight excluding hydrogens is 391 g/mol. The monoisotopic (exact) mass is 399 g/mol. The van der Waals surface area contributed by atoms with Gasteiger partial charge in [0.05, 0.1) is 23.0 Å². The van der Waals surface area contributed by atoms with Crippen LogP contribution in [0.4, 0.5) is 29.3 Å². The van der Waals surface area contributed by atoms with E-state index in [-0.39, 0.29) is 0 Å². The van der Waals surface area contributed by atoms with Gasteiger partial charge in [0.15, 0.2) is 5.75 Å². The van der Waals surface area contributed by atoms with Crippen molar-refractivity contribution in [1.82, 2.24) is 0 Å². The summed E-state index contributed by atoms with van der Waals surface area (Å²) >= 11 is 3.20. The molecule has 0 fully saturated rings. The molecule has 0 unspecified atom stereocenters. The molecule has 0 aliphatic rings. The number of phenols is 1. The molecule has 0 saturated carbocycles. The highest BCUT2D eigenvalue weighted by atomic mass is 79.9. The van der Waals surface area contributed by atoms with E-state index in [0.717, 1.165) is 12.1 Å². The SMILES string of the molecule is N#Cc1ccc(NC(=O)Nc2ccccc2Br)c(O)c1C(F)(F)F. The Morgan fingerprint density at radius 3 is 2.33 bits per heavy atom. The molecule has 0 saturated heterocycles. The first-order chi connectivity index (χ1) is 11.2. The molecule has 0 heterocycles. The fraction of sp³-hybridized carbons (Fsp3) is 0.0667. The van der Waals surface area contributed by atoms with Crippen molar-refractivity contribution < 1.29 is 23.1 Å². The Kier molecular flexibility index (Phi) is 4.99. The van der Waals surface area contributed by atoms with Gasteiger partial charge in [-0.3, -0.25) is 0 Å². The topological polar surface area (TPSA) is 85.2 Å². The fourth-order valence-electron chi connectivity index (χ4n) is 1.91. The van der Waals surface area contributed by atoms with Crippen LogP contribution in [0.5, 0.6) is 5.75 Å². The van der Waals surface area contributed by atoms with Gasteiger partial charge >= 0.3 is 12.2 Å². The Bertz CT molecular complexity index is 832. The summed E-state index contributed by atoms with van der Waals surface area (Å²) in [7, 11) is 0. The van der Waals surface area contributed by atoms with Gasteiger partial charge < -0.3 is 15.7 Å². The average molecular weight is 400 g/mol. The molecule has 0 spiro atoms. The van der Waals surface area contributed by atoms with E-state index in [2.05, 4.69) is 26.6 Å². The molecule has 0 radical (unpaired) electrons. The molecule has 9 heteroatoms. The standard InChI is InChI=1S/C15H9BrF3N3O2/c16-9-3-1-2-4-10(9)21-14(24)22-11-6-5-8(7-20)12(13(11)23)15(17,18)19/h1-6,23H,(H2,21,22,24). The van der Waals surface area contributed by atoms with Gasteiger partial charge in [0, 0.05) is 4.47 Å². The minimum atomic E-state index is -4.94. The Morgan fingerprint density at radius 1 is 1.12 bits per heavy atom. The van der Waals surface area contributed by atoms with Crippen molar-refractivity contribution in [3.8, 4) is 11.8 Å². The summed E-state index contributed by atoms with van der Waals surface area (Å²) < 4.78 is 39.5. The number of alkyl halides is 3. The van der Waals surface area contributed by atoms with Crippen molar-refractivity contribution in [2.45, 2.75) is 6.18 Å². The molecule has 2 rings (SSSR count). The lowest BCUT2D eigenvalue weighted by Crippen LogP contribution is -2.20. The Labute approximate surface area is 142 Å². The number of hydrogen-bond acceptors (Lipinski definition) is 3. The van der Waals surface area contributed by atoms with Gasteiger partial charge in [-0.2, -0.15) is 18.4 Å². The Balaban J connectivity index is 2.29. The predicted octanol–water partition coefficient (Wildman–Crippen LogP) is 4.69. The summed E-state index contributed by atoms with van der Waals surface area (Å²) in [5.74, 6) is -1.22. The largest absolute Gasteiger partial charge is 0.505 e. The van der Waals surface area contributed by atoms with Crippen LogP contribution in [-0.2, 0) is 6.18 Å². The molecular formula is C15H9BrF3N3O2. The summed E-state index contributed by atoms with van der Waals surface area (Å²) in [6, 6.07) is 9.00. The van der Waals surface area contributed by atoms with Crippen molar-refractivity contribution in [2.75, 3.05) is 10.6 Å². The molecule has 2 amide bonds. The number of hydrogen-bond donors (Lipinski definition) is 3. The molecule has 0 atom stereocenters. The van der Waals surface area contributed by atoms with Crippen molar-refractivity contribution in [1.29, 1.82) is 5.26 Å². The van der Waals surface area contributed by atoms with Crippen LogP contribution in [-0.4, -0.2) is 11.1 Å². The molecule has 0 bridgehead atoms. The number of phenolic OH excluding ortho intramolecular Hbond substituents is 1. The number of nitriles is 1. The predicted molar refractivity (Wildman–Crippen MR) is 84.6 cm³/mol. The molecule has 3 N–H and O–H groups in total. The summed E-state index contributed by atoms with van der Waals surface area (Å²) in [5, 5.41) is 23.1. The minimum Gasteiger partial charge on any atom is -0.505 e. The van der Waals surface area contributed by atoms with Crippen LogP contribution in [0.3, 0.4) is 0 Å². The number of para-hydroxylation sites is 1. The zero-order chi connectivity index (χ0) is 17.9. The number of amides is 2. The van der Waals surface area contributed by atoms with Crippen molar-refractivity contribution in [2.24, 2.45) is 0 Å². The molecule has 24 heavy (non-hydrogen) atoms. The summed E-state index contributed by atoms with van der Waals surface area (Å²) in [6.07, 6.45) is -4.94. The van der Waals surface area contributed by atoms with Gasteiger partial charge in [0.1, 0.15) is 5.56 Å². The van der Waals surface area contributed by atoms with Crippen LogP contribution < -0.4 is 10.6 Å². The van der Waals surface area contributed by atoms with Crippen LogP contribution in [0.1, 0.15) is 11.1 Å². The first kappa shape index (κ1) is 17.6. The van der Waals surface area contributed by atoms with Gasteiger partial charge in [-0.25, -0.2) is 4.79 Å². The zero-order valence-electron chi connectivity index (χ0n) is 11.8. The van der Waals surface area contributed by atoms with Gasteiger partial charge in [-0.05, 0) is 40.2 Å². The zero-order valence-corrected chi connectivity index (χ0v) is 13.4. The van der Waals surface area contributed by atoms with Gasteiger partial charge in [0.25, 0.3) is 0 Å². The number of rotatable bonds is 2. The van der Waals surface area contributed by atoms with Gasteiger partial charge in [-0.1, -0.05) is 12.1 Å². The smallest absolute Gasteiger partial charge is 0.421 e. The highest BCUT2D eigenvalue weighted by molar-refractivity contribution is 9.10. The van der Waals surface area contributed by atoms with E-state index in [1.165, 1.54) is 6.07 Å². The Hall–Kier alpha value is -2.73. The lowest BCUT2D eigenvalue weighted by atomic mass is 10.1.